The van der Waals surface area contributed by atoms with Gasteiger partial charge in [-0.05, 0) is 44.2 Å². The van der Waals surface area contributed by atoms with Crippen LogP contribution in [0.5, 0.6) is 0 Å². The van der Waals surface area contributed by atoms with E-state index in [4.69, 9.17) is 0 Å². The van der Waals surface area contributed by atoms with E-state index in [1.165, 1.54) is 5.56 Å². The molecule has 1 aromatic carbocycles. The number of hydrogen-bond donors (Lipinski definition) is 2. The molecule has 2 N–H and O–H groups in total. The van der Waals surface area contributed by atoms with Gasteiger partial charge in [0.25, 0.3) is 0 Å². The van der Waals surface area contributed by atoms with Gasteiger partial charge in [-0.25, -0.2) is 9.97 Å². The predicted octanol–water partition coefficient (Wildman–Crippen LogP) is 2.45. The number of carboxylic acid groups (broad SMARTS) is 1. The zero-order valence-electron chi connectivity index (χ0n) is 15.0. The van der Waals surface area contributed by atoms with Crippen molar-refractivity contribution < 1.29 is 15.0 Å². The number of carbonyl (C=O) groups is 1. The Bertz CT molecular complexity index is 753. The van der Waals surface area contributed by atoms with Crippen LogP contribution in [0.15, 0.2) is 42.6 Å². The van der Waals surface area contributed by atoms with Crippen molar-refractivity contribution in [3.63, 3.8) is 0 Å². The molecule has 0 radical (unpaired) electrons. The van der Waals surface area contributed by atoms with E-state index in [9.17, 15) is 15.0 Å². The minimum atomic E-state index is -1.19. The molecule has 1 aliphatic rings. The predicted molar refractivity (Wildman–Crippen MR) is 99.1 cm³/mol. The first-order valence-electron chi connectivity index (χ1n) is 9.01. The number of anilines is 1. The zero-order valence-corrected chi connectivity index (χ0v) is 15.0. The maximum atomic E-state index is 12.1. The molecular weight excluding hydrogens is 330 g/mol. The first-order chi connectivity index (χ1) is 12.5. The van der Waals surface area contributed by atoms with Crippen molar-refractivity contribution in [1.82, 2.24) is 9.97 Å². The Kier molecular flexibility index (Phi) is 5.52. The third kappa shape index (κ3) is 3.85. The Balaban J connectivity index is 1.75. The van der Waals surface area contributed by atoms with Crippen LogP contribution in [0, 0.1) is 12.3 Å². The summed E-state index contributed by atoms with van der Waals surface area (Å²) in [5.41, 5.74) is 0.823. The summed E-state index contributed by atoms with van der Waals surface area (Å²) in [5, 5.41) is 20.5. The SMILES string of the molecule is Cc1ccnc(N2CC[C@@H](O)[C@](CCCc3ccccc3)(C(=O)O)C2)n1. The summed E-state index contributed by atoms with van der Waals surface area (Å²) in [6, 6.07) is 11.8. The highest BCUT2D eigenvalue weighted by atomic mass is 16.4. The van der Waals surface area contributed by atoms with Crippen molar-refractivity contribution in [3.8, 4) is 0 Å². The van der Waals surface area contributed by atoms with E-state index < -0.39 is 17.5 Å². The van der Waals surface area contributed by atoms with Crippen LogP contribution < -0.4 is 4.90 Å². The minimum absolute atomic E-state index is 0.224. The molecule has 3 rings (SSSR count). The summed E-state index contributed by atoms with van der Waals surface area (Å²) >= 11 is 0. The van der Waals surface area contributed by atoms with Crippen molar-refractivity contribution in [2.24, 2.45) is 5.41 Å². The lowest BCUT2D eigenvalue weighted by Crippen LogP contribution is -2.56. The molecule has 2 atom stereocenters. The monoisotopic (exact) mass is 355 g/mol. The van der Waals surface area contributed by atoms with Gasteiger partial charge < -0.3 is 15.1 Å². The molecule has 0 bridgehead atoms. The summed E-state index contributed by atoms with van der Waals surface area (Å²) in [4.78, 5) is 22.7. The lowest BCUT2D eigenvalue weighted by atomic mass is 9.73. The molecular formula is C20H25N3O3. The lowest BCUT2D eigenvalue weighted by molar-refractivity contribution is -0.158. The fourth-order valence-electron chi connectivity index (χ4n) is 3.65. The minimum Gasteiger partial charge on any atom is -0.481 e. The number of carboxylic acids is 1. The second-order valence-electron chi connectivity index (χ2n) is 7.02. The van der Waals surface area contributed by atoms with E-state index in [1.807, 2.05) is 48.2 Å². The number of aliphatic carboxylic acids is 1. The number of benzene rings is 1. The lowest BCUT2D eigenvalue weighted by Gasteiger charge is -2.43. The van der Waals surface area contributed by atoms with Gasteiger partial charge >= 0.3 is 5.97 Å². The van der Waals surface area contributed by atoms with E-state index in [2.05, 4.69) is 9.97 Å². The van der Waals surface area contributed by atoms with Gasteiger partial charge in [0.2, 0.25) is 5.95 Å². The van der Waals surface area contributed by atoms with Gasteiger partial charge in [-0.15, -0.1) is 0 Å². The molecule has 2 aromatic rings. The topological polar surface area (TPSA) is 86.5 Å². The highest BCUT2D eigenvalue weighted by Gasteiger charge is 2.49. The quantitative estimate of drug-likeness (QED) is 0.828. The van der Waals surface area contributed by atoms with Crippen LogP contribution in [-0.4, -0.2) is 45.3 Å². The number of hydrogen-bond acceptors (Lipinski definition) is 5. The number of piperidine rings is 1. The molecule has 2 heterocycles. The van der Waals surface area contributed by atoms with Crippen LogP contribution in [0.4, 0.5) is 5.95 Å². The van der Waals surface area contributed by atoms with Crippen LogP contribution in [0.1, 0.15) is 30.5 Å². The molecule has 1 fully saturated rings. The maximum absolute atomic E-state index is 12.1. The largest absolute Gasteiger partial charge is 0.481 e. The molecule has 6 heteroatoms. The smallest absolute Gasteiger partial charge is 0.314 e. The Morgan fingerprint density at radius 1 is 1.31 bits per heavy atom. The third-order valence-electron chi connectivity index (χ3n) is 5.21. The Hall–Kier alpha value is -2.47. The fraction of sp³-hybridized carbons (Fsp3) is 0.450. The van der Waals surface area contributed by atoms with Gasteiger partial charge in [-0.2, -0.15) is 0 Å². The molecule has 26 heavy (non-hydrogen) atoms. The molecule has 6 nitrogen and oxygen atoms in total. The zero-order chi connectivity index (χ0) is 18.6. The first kappa shape index (κ1) is 18.3. The number of nitrogens with zero attached hydrogens (tertiary/aromatic N) is 3. The van der Waals surface area contributed by atoms with Crippen LogP contribution in [0.25, 0.3) is 0 Å². The van der Waals surface area contributed by atoms with Gasteiger partial charge in [-0.1, -0.05) is 30.3 Å². The molecule has 0 aliphatic carbocycles. The van der Waals surface area contributed by atoms with Crippen molar-refractivity contribution in [3.05, 3.63) is 53.9 Å². The molecule has 0 amide bonds. The molecule has 0 unspecified atom stereocenters. The van der Waals surface area contributed by atoms with Gasteiger partial charge in [0, 0.05) is 25.0 Å². The van der Waals surface area contributed by atoms with E-state index in [-0.39, 0.29) is 6.54 Å². The van der Waals surface area contributed by atoms with E-state index in [0.29, 0.717) is 31.8 Å². The number of aliphatic hydroxyl groups excluding tert-OH is 1. The Morgan fingerprint density at radius 3 is 2.77 bits per heavy atom. The molecule has 1 saturated heterocycles. The second kappa shape index (κ2) is 7.83. The van der Waals surface area contributed by atoms with Gasteiger partial charge in [0.1, 0.15) is 5.41 Å². The van der Waals surface area contributed by atoms with Crippen LogP contribution in [0.3, 0.4) is 0 Å². The molecule has 1 aliphatic heterocycles. The van der Waals surface area contributed by atoms with Crippen molar-refractivity contribution in [2.45, 2.75) is 38.7 Å². The van der Waals surface area contributed by atoms with Gasteiger partial charge in [-0.3, -0.25) is 4.79 Å². The average molecular weight is 355 g/mol. The first-order valence-corrected chi connectivity index (χ1v) is 9.01. The van der Waals surface area contributed by atoms with Gasteiger partial charge in [0.15, 0.2) is 0 Å². The standard InChI is InChI=1S/C20H25N3O3/c1-15-9-12-21-19(22-15)23-13-10-17(24)20(14-23,18(25)26)11-5-8-16-6-3-2-4-7-16/h2-4,6-7,9,12,17,24H,5,8,10-11,13-14H2,1H3,(H,25,26)/t17-,20-/m1/s1. The van der Waals surface area contributed by atoms with Crippen LogP contribution >= 0.6 is 0 Å². The Labute approximate surface area is 153 Å². The summed E-state index contributed by atoms with van der Waals surface area (Å²) in [6.07, 6.45) is 3.13. The molecule has 0 saturated carbocycles. The Morgan fingerprint density at radius 2 is 2.08 bits per heavy atom. The summed E-state index contributed by atoms with van der Waals surface area (Å²) in [6.45, 7) is 2.66. The highest BCUT2D eigenvalue weighted by Crippen LogP contribution is 2.37. The van der Waals surface area contributed by atoms with Crippen molar-refractivity contribution >= 4 is 11.9 Å². The maximum Gasteiger partial charge on any atom is 0.314 e. The fourth-order valence-corrected chi connectivity index (χ4v) is 3.65. The van der Waals surface area contributed by atoms with Crippen LogP contribution in [0.2, 0.25) is 0 Å². The second-order valence-corrected chi connectivity index (χ2v) is 7.02. The number of rotatable bonds is 6. The van der Waals surface area contributed by atoms with Crippen molar-refractivity contribution in [1.29, 1.82) is 0 Å². The highest BCUT2D eigenvalue weighted by molar-refractivity contribution is 5.76. The normalized spacial score (nSPS) is 23.0. The van der Waals surface area contributed by atoms with Gasteiger partial charge in [0.05, 0.1) is 6.10 Å². The average Bonchev–Trinajstić information content (AvgIpc) is 2.64. The third-order valence-corrected chi connectivity index (χ3v) is 5.21. The molecule has 1 aromatic heterocycles. The summed E-state index contributed by atoms with van der Waals surface area (Å²) in [5.74, 6) is -0.416. The van der Waals surface area contributed by atoms with Crippen LogP contribution in [-0.2, 0) is 11.2 Å². The molecule has 138 valence electrons. The van der Waals surface area contributed by atoms with E-state index >= 15 is 0 Å². The molecule has 0 spiro atoms. The number of aliphatic hydroxyl groups is 1. The number of aryl methyl sites for hydroxylation is 2. The summed E-state index contributed by atoms with van der Waals surface area (Å²) in [7, 11) is 0. The van der Waals surface area contributed by atoms with E-state index in [1.54, 1.807) is 6.20 Å². The summed E-state index contributed by atoms with van der Waals surface area (Å²) < 4.78 is 0. The van der Waals surface area contributed by atoms with Crippen molar-refractivity contribution in [2.75, 3.05) is 18.0 Å². The number of aromatic nitrogens is 2. The van der Waals surface area contributed by atoms with E-state index in [0.717, 1.165) is 12.1 Å².